The lowest BCUT2D eigenvalue weighted by molar-refractivity contribution is -0.253. The van der Waals surface area contributed by atoms with Gasteiger partial charge in [-0.3, -0.25) is 4.90 Å². The zero-order chi connectivity index (χ0) is 40.4. The number of carbonyl (C=O) groups excluding carboxylic acids is 2. The maximum atomic E-state index is 12.9. The zero-order valence-electron chi connectivity index (χ0n) is 33.2. The maximum absolute atomic E-state index is 12.9. The summed E-state index contributed by atoms with van der Waals surface area (Å²) < 4.78 is 29.6. The molecule has 7 rings (SSSR count). The van der Waals surface area contributed by atoms with Gasteiger partial charge in [0.25, 0.3) is 0 Å². The molecular formula is C47H51N3O8. The van der Waals surface area contributed by atoms with Crippen LogP contribution in [0, 0.1) is 0 Å². The number of rotatable bonds is 14. The Bertz CT molecular complexity index is 2160. The van der Waals surface area contributed by atoms with Crippen LogP contribution in [0.3, 0.4) is 0 Å². The average molecular weight is 786 g/mol. The van der Waals surface area contributed by atoms with Crippen LogP contribution >= 0.6 is 0 Å². The number of amides is 2. The molecule has 5 aromatic carbocycles. The summed E-state index contributed by atoms with van der Waals surface area (Å²) >= 11 is 0. The molecule has 0 saturated carbocycles. The van der Waals surface area contributed by atoms with Crippen LogP contribution in [0.25, 0.3) is 11.1 Å². The Morgan fingerprint density at radius 3 is 2.21 bits per heavy atom. The molecule has 11 heteroatoms. The molecule has 1 saturated heterocycles. The molecule has 5 aromatic rings. The van der Waals surface area contributed by atoms with Crippen molar-refractivity contribution in [2.45, 2.75) is 63.5 Å². The first-order valence-electron chi connectivity index (χ1n) is 19.6. The number of benzene rings is 5. The molecule has 3 N–H and O–H groups in total. The van der Waals surface area contributed by atoms with E-state index in [1.165, 1.54) is 18.2 Å². The molecule has 58 heavy (non-hydrogen) atoms. The zero-order valence-corrected chi connectivity index (χ0v) is 33.2. The number of nitrogens with one attached hydrogen (secondary N) is 2. The summed E-state index contributed by atoms with van der Waals surface area (Å²) in [6.45, 7) is 2.64. The van der Waals surface area contributed by atoms with E-state index in [2.05, 4.69) is 33.7 Å². The first-order chi connectivity index (χ1) is 28.3. The molecule has 302 valence electrons. The predicted molar refractivity (Wildman–Crippen MR) is 220 cm³/mol. The fourth-order valence-electron chi connectivity index (χ4n) is 7.72. The smallest absolute Gasteiger partial charge is 0.328 e. The van der Waals surface area contributed by atoms with E-state index >= 15 is 0 Å². The number of nitrogens with zero attached hydrogens (tertiary/aromatic N) is 1. The molecule has 11 nitrogen and oxygen atoms in total. The summed E-state index contributed by atoms with van der Waals surface area (Å²) in [7, 11) is 4.64. The molecule has 1 fully saturated rings. The Balaban J connectivity index is 1.05. The molecule has 4 unspecified atom stereocenters. The van der Waals surface area contributed by atoms with Crippen molar-refractivity contribution >= 4 is 12.0 Å². The van der Waals surface area contributed by atoms with Gasteiger partial charge in [-0.15, -0.1) is 0 Å². The number of aliphatic hydroxyl groups is 1. The van der Waals surface area contributed by atoms with Crippen LogP contribution in [-0.2, 0) is 51.5 Å². The Labute approximate surface area is 339 Å². The number of urea groups is 1. The van der Waals surface area contributed by atoms with Gasteiger partial charge in [-0.1, -0.05) is 91.0 Å². The van der Waals surface area contributed by atoms with Gasteiger partial charge in [0, 0.05) is 44.6 Å². The third-order valence-corrected chi connectivity index (χ3v) is 10.8. The van der Waals surface area contributed by atoms with Crippen LogP contribution in [0.1, 0.15) is 57.8 Å². The lowest BCUT2D eigenvalue weighted by Gasteiger charge is -2.39. The van der Waals surface area contributed by atoms with E-state index in [-0.39, 0.29) is 25.4 Å². The summed E-state index contributed by atoms with van der Waals surface area (Å²) in [5.41, 5.74) is 9.04. The second kappa shape index (κ2) is 19.1. The van der Waals surface area contributed by atoms with Gasteiger partial charge in [-0.05, 0) is 75.2 Å². The van der Waals surface area contributed by atoms with Crippen LogP contribution in [0.5, 0.6) is 11.5 Å². The molecule has 2 aliphatic rings. The maximum Gasteiger partial charge on any atom is 0.328 e. The van der Waals surface area contributed by atoms with Gasteiger partial charge < -0.3 is 39.4 Å². The summed E-state index contributed by atoms with van der Waals surface area (Å²) in [6.07, 6.45) is 0.955. The standard InChI is InChI=1S/C47H51N3O8/c1-54-43-24-37-19-20-50(28-39(37)25-44(43)55-2)29-40-26-42(34-17-15-32(30-51)16-18-34)58-46(57-40)38-14-8-13-36(23-38)35-12-7-11-33(21-35)27-48-47(53)49-41(45(52)56-3)22-31-9-5-4-6-10-31/h4-18,21,23-25,40-42,46,51H,19-20,22,26-30H2,1-3H3,(H2,48,49,53). The number of carbonyl (C=O) groups is 2. The number of methoxy groups -OCH3 is 3. The monoisotopic (exact) mass is 785 g/mol. The Hall–Kier alpha value is -5.72. The summed E-state index contributed by atoms with van der Waals surface area (Å²) in [6, 6.07) is 36.5. The second-order valence-corrected chi connectivity index (χ2v) is 14.7. The van der Waals surface area contributed by atoms with Crippen molar-refractivity contribution in [3.63, 3.8) is 0 Å². The molecule has 4 atom stereocenters. The fourth-order valence-corrected chi connectivity index (χ4v) is 7.72. The Kier molecular flexibility index (Phi) is 13.4. The molecule has 0 aliphatic carbocycles. The Morgan fingerprint density at radius 2 is 1.48 bits per heavy atom. The normalized spacial score (nSPS) is 18.4. The topological polar surface area (TPSA) is 128 Å². The van der Waals surface area contributed by atoms with Gasteiger partial charge in [0.2, 0.25) is 0 Å². The van der Waals surface area contributed by atoms with E-state index in [0.717, 1.165) is 76.5 Å². The van der Waals surface area contributed by atoms with Gasteiger partial charge in [-0.25, -0.2) is 9.59 Å². The van der Waals surface area contributed by atoms with Gasteiger partial charge >= 0.3 is 12.0 Å². The highest BCUT2D eigenvalue weighted by molar-refractivity contribution is 5.83. The van der Waals surface area contributed by atoms with Crippen molar-refractivity contribution in [3.8, 4) is 22.6 Å². The molecule has 0 bridgehead atoms. The highest BCUT2D eigenvalue weighted by Crippen LogP contribution is 2.40. The molecule has 2 amide bonds. The van der Waals surface area contributed by atoms with Crippen molar-refractivity contribution in [1.29, 1.82) is 0 Å². The average Bonchev–Trinajstić information content (AvgIpc) is 3.27. The van der Waals surface area contributed by atoms with Crippen molar-refractivity contribution in [1.82, 2.24) is 15.5 Å². The predicted octanol–water partition coefficient (Wildman–Crippen LogP) is 7.05. The molecule has 0 spiro atoms. The summed E-state index contributed by atoms with van der Waals surface area (Å²) in [5, 5.41) is 15.3. The van der Waals surface area contributed by atoms with Crippen LogP contribution in [0.4, 0.5) is 4.79 Å². The molecule has 0 aromatic heterocycles. The highest BCUT2D eigenvalue weighted by atomic mass is 16.7. The van der Waals surface area contributed by atoms with Crippen LogP contribution in [0.2, 0.25) is 0 Å². The van der Waals surface area contributed by atoms with Crippen LogP contribution < -0.4 is 20.1 Å². The van der Waals surface area contributed by atoms with Crippen molar-refractivity contribution in [3.05, 3.63) is 154 Å². The molecule has 0 radical (unpaired) electrons. The van der Waals surface area contributed by atoms with Gasteiger partial charge in [0.15, 0.2) is 17.8 Å². The minimum absolute atomic E-state index is 0.0187. The van der Waals surface area contributed by atoms with Crippen LogP contribution in [0.15, 0.2) is 115 Å². The number of aliphatic hydroxyl groups excluding tert-OH is 1. The lowest BCUT2D eigenvalue weighted by Crippen LogP contribution is -2.47. The van der Waals surface area contributed by atoms with E-state index in [4.69, 9.17) is 23.7 Å². The van der Waals surface area contributed by atoms with Crippen molar-refractivity contribution in [2.75, 3.05) is 34.4 Å². The third-order valence-electron chi connectivity index (χ3n) is 10.8. The largest absolute Gasteiger partial charge is 0.493 e. The first-order valence-corrected chi connectivity index (χ1v) is 19.6. The van der Waals surface area contributed by atoms with E-state index in [1.807, 2.05) is 97.1 Å². The number of hydrogen-bond acceptors (Lipinski definition) is 9. The fraction of sp³-hybridized carbons (Fsp3) is 0.319. The number of fused-ring (bicyclic) bond motifs is 1. The quantitative estimate of drug-likeness (QED) is 0.102. The highest BCUT2D eigenvalue weighted by Gasteiger charge is 2.34. The molecule has 2 aliphatic heterocycles. The van der Waals surface area contributed by atoms with Crippen molar-refractivity contribution in [2.24, 2.45) is 0 Å². The van der Waals surface area contributed by atoms with E-state index < -0.39 is 24.3 Å². The SMILES string of the molecule is COC(=O)C(Cc1ccccc1)NC(=O)NCc1cccc(-c2cccc(C3OC(CN4CCc5cc(OC)c(OC)cc5C4)CC(c4ccc(CO)cc4)O3)c2)c1. The van der Waals surface area contributed by atoms with Gasteiger partial charge in [0.1, 0.15) is 6.04 Å². The number of ether oxygens (including phenoxy) is 5. The number of hydrogen-bond donors (Lipinski definition) is 3. The van der Waals surface area contributed by atoms with Gasteiger partial charge in [0.05, 0.1) is 40.1 Å². The molecule has 2 heterocycles. The Morgan fingerprint density at radius 1 is 0.776 bits per heavy atom. The second-order valence-electron chi connectivity index (χ2n) is 14.7. The molecular weight excluding hydrogens is 735 g/mol. The van der Waals surface area contributed by atoms with E-state index in [1.54, 1.807) is 14.2 Å². The van der Waals surface area contributed by atoms with Crippen LogP contribution in [-0.4, -0.2) is 68.6 Å². The minimum atomic E-state index is -0.824. The summed E-state index contributed by atoms with van der Waals surface area (Å²) in [4.78, 5) is 27.9. The summed E-state index contributed by atoms with van der Waals surface area (Å²) in [5.74, 6) is 0.967. The first kappa shape index (κ1) is 40.5. The third kappa shape index (κ3) is 10.0. The van der Waals surface area contributed by atoms with Gasteiger partial charge in [-0.2, -0.15) is 0 Å². The number of esters is 1. The van der Waals surface area contributed by atoms with E-state index in [9.17, 15) is 14.7 Å². The van der Waals surface area contributed by atoms with E-state index in [0.29, 0.717) is 12.8 Å². The minimum Gasteiger partial charge on any atom is -0.493 e. The van der Waals surface area contributed by atoms with Crippen molar-refractivity contribution < 1.29 is 38.4 Å². The lowest BCUT2D eigenvalue weighted by atomic mass is 9.96.